The zero-order chi connectivity index (χ0) is 14.3. The van der Waals surface area contributed by atoms with Crippen LogP contribution in [0.2, 0.25) is 0 Å². The lowest BCUT2D eigenvalue weighted by Gasteiger charge is -2.26. The number of rotatable bonds is 7. The summed E-state index contributed by atoms with van der Waals surface area (Å²) >= 11 is 1.54. The summed E-state index contributed by atoms with van der Waals surface area (Å²) in [7, 11) is 0. The number of hydrogen-bond donors (Lipinski definition) is 2. The van der Waals surface area contributed by atoms with E-state index in [9.17, 15) is 14.7 Å². The maximum absolute atomic E-state index is 11.7. The van der Waals surface area contributed by atoms with E-state index in [1.807, 2.05) is 31.4 Å². The molecule has 2 N–H and O–H groups in total. The third-order valence-electron chi connectivity index (χ3n) is 3.35. The van der Waals surface area contributed by atoms with Crippen LogP contribution in [0.15, 0.2) is 23.6 Å². The molecule has 0 saturated carbocycles. The second-order valence-corrected chi connectivity index (χ2v) is 5.34. The highest BCUT2D eigenvalue weighted by Gasteiger charge is 2.34. The summed E-state index contributed by atoms with van der Waals surface area (Å²) in [5, 5.41) is 13.8. The summed E-state index contributed by atoms with van der Waals surface area (Å²) < 4.78 is 0. The monoisotopic (exact) mass is 281 g/mol. The minimum absolute atomic E-state index is 0.156. The van der Waals surface area contributed by atoms with Gasteiger partial charge in [-0.25, -0.2) is 0 Å². The third kappa shape index (κ3) is 4.21. The Morgan fingerprint density at radius 1 is 1.42 bits per heavy atom. The lowest BCUT2D eigenvalue weighted by molar-refractivity contribution is -0.149. The smallest absolute Gasteiger partial charge is 0.311 e. The molecule has 1 aromatic rings. The first-order valence-corrected chi connectivity index (χ1v) is 7.15. The van der Waals surface area contributed by atoms with Crippen LogP contribution >= 0.6 is 11.3 Å². The van der Waals surface area contributed by atoms with Crippen molar-refractivity contribution in [2.24, 2.45) is 5.41 Å². The van der Waals surface area contributed by atoms with Crippen LogP contribution in [0.4, 0.5) is 0 Å². The predicted octanol–water partition coefficient (Wildman–Crippen LogP) is 2.77. The molecule has 0 radical (unpaired) electrons. The quantitative estimate of drug-likeness (QED) is 0.755. The Kier molecular flexibility index (Phi) is 5.76. The molecule has 19 heavy (non-hydrogen) atoms. The largest absolute Gasteiger partial charge is 0.481 e. The minimum Gasteiger partial charge on any atom is -0.481 e. The first kappa shape index (κ1) is 15.4. The number of carboxylic acids is 1. The minimum atomic E-state index is -0.869. The second-order valence-electron chi connectivity index (χ2n) is 4.36. The van der Waals surface area contributed by atoms with Crippen molar-refractivity contribution in [3.63, 3.8) is 0 Å². The first-order valence-electron chi connectivity index (χ1n) is 6.27. The van der Waals surface area contributed by atoms with E-state index in [1.165, 1.54) is 6.08 Å². The molecule has 1 heterocycles. The third-order valence-corrected chi connectivity index (χ3v) is 4.19. The van der Waals surface area contributed by atoms with Crippen molar-refractivity contribution in [1.82, 2.24) is 5.32 Å². The molecule has 0 bridgehead atoms. The normalized spacial score (nSPS) is 11.7. The van der Waals surface area contributed by atoms with E-state index in [1.54, 1.807) is 17.4 Å². The van der Waals surface area contributed by atoms with Crippen molar-refractivity contribution < 1.29 is 14.7 Å². The number of hydrogen-bond acceptors (Lipinski definition) is 3. The highest BCUT2D eigenvalue weighted by atomic mass is 32.1. The maximum Gasteiger partial charge on any atom is 0.311 e. The van der Waals surface area contributed by atoms with Crippen LogP contribution in [0.1, 0.15) is 31.6 Å². The molecule has 0 atom stereocenters. The Labute approximate surface area is 117 Å². The lowest BCUT2D eigenvalue weighted by Crippen LogP contribution is -2.41. The SMILES string of the molecule is CCC(CC)(CNC(=O)/C=C/c1cccs1)C(=O)O. The van der Waals surface area contributed by atoms with Crippen molar-refractivity contribution in [3.05, 3.63) is 28.5 Å². The summed E-state index contributed by atoms with van der Waals surface area (Å²) in [4.78, 5) is 23.9. The van der Waals surface area contributed by atoms with Crippen molar-refractivity contribution in [3.8, 4) is 0 Å². The number of carbonyl (C=O) groups is 2. The van der Waals surface area contributed by atoms with Gasteiger partial charge in [-0.3, -0.25) is 9.59 Å². The average molecular weight is 281 g/mol. The number of aliphatic carboxylic acids is 1. The Morgan fingerprint density at radius 3 is 2.58 bits per heavy atom. The summed E-state index contributed by atoms with van der Waals surface area (Å²) in [6.45, 7) is 3.81. The predicted molar refractivity (Wildman–Crippen MR) is 77.0 cm³/mol. The van der Waals surface area contributed by atoms with E-state index in [0.717, 1.165) is 4.88 Å². The lowest BCUT2D eigenvalue weighted by atomic mass is 9.82. The summed E-state index contributed by atoms with van der Waals surface area (Å²) in [6.07, 6.45) is 4.14. The van der Waals surface area contributed by atoms with E-state index >= 15 is 0 Å². The van der Waals surface area contributed by atoms with Crippen LogP contribution < -0.4 is 5.32 Å². The number of carboxylic acid groups (broad SMARTS) is 1. The first-order chi connectivity index (χ1) is 9.04. The molecule has 0 spiro atoms. The molecule has 0 aliphatic rings. The van der Waals surface area contributed by atoms with Gasteiger partial charge in [0.25, 0.3) is 0 Å². The number of carbonyl (C=O) groups excluding carboxylic acids is 1. The van der Waals surface area contributed by atoms with Gasteiger partial charge in [0.2, 0.25) is 5.91 Å². The molecule has 4 nitrogen and oxygen atoms in total. The van der Waals surface area contributed by atoms with Gasteiger partial charge < -0.3 is 10.4 Å². The van der Waals surface area contributed by atoms with Crippen LogP contribution in [0.5, 0.6) is 0 Å². The molecule has 0 aromatic carbocycles. The second kappa shape index (κ2) is 7.09. The molecule has 104 valence electrons. The Bertz CT molecular complexity index is 447. The van der Waals surface area contributed by atoms with Gasteiger partial charge in [0.05, 0.1) is 5.41 Å². The van der Waals surface area contributed by atoms with Gasteiger partial charge >= 0.3 is 5.97 Å². The van der Waals surface area contributed by atoms with Gasteiger partial charge in [0.15, 0.2) is 0 Å². The summed E-state index contributed by atoms with van der Waals surface area (Å²) in [6, 6.07) is 3.82. The fraction of sp³-hybridized carbons (Fsp3) is 0.429. The van der Waals surface area contributed by atoms with Gasteiger partial charge in [0, 0.05) is 17.5 Å². The Balaban J connectivity index is 2.55. The Hall–Kier alpha value is -1.62. The van der Waals surface area contributed by atoms with Gasteiger partial charge in [-0.05, 0) is 30.4 Å². The van der Waals surface area contributed by atoms with E-state index in [2.05, 4.69) is 5.32 Å². The summed E-state index contributed by atoms with van der Waals surface area (Å²) in [5.74, 6) is -1.12. The molecule has 1 rings (SSSR count). The average Bonchev–Trinajstić information content (AvgIpc) is 2.91. The zero-order valence-corrected chi connectivity index (χ0v) is 12.0. The fourth-order valence-corrected chi connectivity index (χ4v) is 2.36. The maximum atomic E-state index is 11.7. The Morgan fingerprint density at radius 2 is 2.11 bits per heavy atom. The summed E-state index contributed by atoms with van der Waals surface area (Å²) in [5.41, 5.74) is -0.869. The molecule has 5 heteroatoms. The van der Waals surface area contributed by atoms with Crippen LogP contribution in [0.3, 0.4) is 0 Å². The van der Waals surface area contributed by atoms with Crippen molar-refractivity contribution >= 4 is 29.3 Å². The molecule has 1 amide bonds. The highest BCUT2D eigenvalue weighted by molar-refractivity contribution is 7.10. The standard InChI is InChI=1S/C14H19NO3S/c1-3-14(4-2,13(17)18)10-15-12(16)8-7-11-6-5-9-19-11/h5-9H,3-4,10H2,1-2H3,(H,15,16)(H,17,18)/b8-7+. The molecule has 1 aromatic heterocycles. The van der Waals surface area contributed by atoms with Crippen LogP contribution in [-0.4, -0.2) is 23.5 Å². The number of amides is 1. The van der Waals surface area contributed by atoms with Crippen LogP contribution in [0.25, 0.3) is 6.08 Å². The van der Waals surface area contributed by atoms with E-state index < -0.39 is 11.4 Å². The van der Waals surface area contributed by atoms with Gasteiger partial charge in [-0.2, -0.15) is 0 Å². The van der Waals surface area contributed by atoms with E-state index in [-0.39, 0.29) is 12.5 Å². The molecular formula is C14H19NO3S. The van der Waals surface area contributed by atoms with E-state index in [4.69, 9.17) is 0 Å². The topological polar surface area (TPSA) is 66.4 Å². The molecule has 0 aliphatic heterocycles. The molecule has 0 unspecified atom stereocenters. The zero-order valence-electron chi connectivity index (χ0n) is 11.2. The molecule has 0 fully saturated rings. The number of thiophene rings is 1. The van der Waals surface area contributed by atoms with Crippen molar-refractivity contribution in [1.29, 1.82) is 0 Å². The van der Waals surface area contributed by atoms with Crippen LogP contribution in [-0.2, 0) is 9.59 Å². The molecular weight excluding hydrogens is 262 g/mol. The fourth-order valence-electron chi connectivity index (χ4n) is 1.74. The van der Waals surface area contributed by atoms with Gasteiger partial charge in [-0.15, -0.1) is 11.3 Å². The van der Waals surface area contributed by atoms with Crippen molar-refractivity contribution in [2.75, 3.05) is 6.54 Å². The van der Waals surface area contributed by atoms with Crippen molar-refractivity contribution in [2.45, 2.75) is 26.7 Å². The van der Waals surface area contributed by atoms with Crippen LogP contribution in [0, 0.1) is 5.41 Å². The highest BCUT2D eigenvalue weighted by Crippen LogP contribution is 2.25. The van der Waals surface area contributed by atoms with Gasteiger partial charge in [0.1, 0.15) is 0 Å². The molecule has 0 saturated heterocycles. The van der Waals surface area contributed by atoms with Gasteiger partial charge in [-0.1, -0.05) is 19.9 Å². The number of nitrogens with one attached hydrogen (secondary N) is 1. The van der Waals surface area contributed by atoms with E-state index in [0.29, 0.717) is 12.8 Å². The molecule has 0 aliphatic carbocycles.